The lowest BCUT2D eigenvalue weighted by molar-refractivity contribution is -0.104. The summed E-state index contributed by atoms with van der Waals surface area (Å²) in [6, 6.07) is 9.98. The third-order valence-corrected chi connectivity index (χ3v) is 3.00. The van der Waals surface area contributed by atoms with Crippen LogP contribution in [-0.4, -0.2) is 19.0 Å². The van der Waals surface area contributed by atoms with Crippen LogP contribution in [0.25, 0.3) is 0 Å². The van der Waals surface area contributed by atoms with Crippen molar-refractivity contribution >= 4 is 24.3 Å². The van der Waals surface area contributed by atoms with Crippen LogP contribution >= 0.6 is 11.8 Å². The first-order valence-electron chi connectivity index (χ1n) is 4.31. The molecular formula is C11H9NOS. The molecule has 0 N–H and O–H groups in total. The smallest absolute Gasteiger partial charge is 0.149 e. The van der Waals surface area contributed by atoms with Crippen molar-refractivity contribution < 1.29 is 4.79 Å². The molecule has 1 aromatic rings. The molecule has 1 aromatic carbocycles. The molecule has 0 fully saturated rings. The molecule has 0 aromatic heterocycles. The number of nitrogens with zero attached hydrogens (tertiary/aromatic N) is 1. The van der Waals surface area contributed by atoms with Crippen molar-refractivity contribution in [2.24, 2.45) is 4.99 Å². The van der Waals surface area contributed by atoms with Crippen LogP contribution in [0.5, 0.6) is 0 Å². The first-order valence-corrected chi connectivity index (χ1v) is 5.13. The topological polar surface area (TPSA) is 29.4 Å². The van der Waals surface area contributed by atoms with Gasteiger partial charge in [-0.1, -0.05) is 30.0 Å². The summed E-state index contributed by atoms with van der Waals surface area (Å²) in [5.41, 5.74) is 0.777. The van der Waals surface area contributed by atoms with E-state index in [0.29, 0.717) is 6.54 Å². The molecule has 0 saturated heterocycles. The zero-order valence-corrected chi connectivity index (χ0v) is 8.33. The van der Waals surface area contributed by atoms with Crippen molar-refractivity contribution in [1.82, 2.24) is 0 Å². The van der Waals surface area contributed by atoms with Crippen LogP contribution in [0.1, 0.15) is 0 Å². The van der Waals surface area contributed by atoms with Crippen molar-refractivity contribution in [3.05, 3.63) is 40.8 Å². The first-order chi connectivity index (χ1) is 6.90. The van der Waals surface area contributed by atoms with Crippen molar-refractivity contribution in [1.29, 1.82) is 0 Å². The third kappa shape index (κ3) is 1.93. The molecule has 1 heterocycles. The molecule has 1 aliphatic heterocycles. The predicted octanol–water partition coefficient (Wildman–Crippen LogP) is 2.32. The Bertz CT molecular complexity index is 395. The van der Waals surface area contributed by atoms with Crippen LogP contribution in [0.4, 0.5) is 0 Å². The number of benzene rings is 1. The lowest BCUT2D eigenvalue weighted by Gasteiger charge is -1.99. The molecule has 70 valence electrons. The summed E-state index contributed by atoms with van der Waals surface area (Å²) in [6.07, 6.45) is 2.65. The highest BCUT2D eigenvalue weighted by Gasteiger charge is 2.10. The summed E-state index contributed by atoms with van der Waals surface area (Å²) in [5, 5.41) is 0. The number of hydrogen-bond acceptors (Lipinski definition) is 3. The SMILES string of the molecule is O=CC1=C(Sc2ccccc2)C=NC1. The van der Waals surface area contributed by atoms with E-state index in [1.807, 2.05) is 30.3 Å². The second kappa shape index (κ2) is 4.24. The molecule has 0 amide bonds. The third-order valence-electron chi connectivity index (χ3n) is 1.90. The van der Waals surface area contributed by atoms with E-state index < -0.39 is 0 Å². The number of aldehydes is 1. The van der Waals surface area contributed by atoms with Crippen LogP contribution < -0.4 is 0 Å². The number of carbonyl (C=O) groups is 1. The van der Waals surface area contributed by atoms with E-state index >= 15 is 0 Å². The second-order valence-electron chi connectivity index (χ2n) is 2.89. The maximum absolute atomic E-state index is 10.7. The molecule has 0 radical (unpaired) electrons. The number of hydrogen-bond donors (Lipinski definition) is 0. The average molecular weight is 203 g/mol. The monoisotopic (exact) mass is 203 g/mol. The van der Waals surface area contributed by atoms with E-state index in [0.717, 1.165) is 21.7 Å². The van der Waals surface area contributed by atoms with Crippen LogP contribution in [0, 0.1) is 0 Å². The zero-order chi connectivity index (χ0) is 9.80. The standard InChI is InChI=1S/C11H9NOS/c13-8-9-6-12-7-11(9)14-10-4-2-1-3-5-10/h1-5,7-8H,6H2. The van der Waals surface area contributed by atoms with Gasteiger partial charge in [-0.3, -0.25) is 9.79 Å². The van der Waals surface area contributed by atoms with E-state index in [1.54, 1.807) is 18.0 Å². The van der Waals surface area contributed by atoms with E-state index in [-0.39, 0.29) is 0 Å². The Morgan fingerprint density at radius 2 is 2.07 bits per heavy atom. The van der Waals surface area contributed by atoms with E-state index in [4.69, 9.17) is 0 Å². The van der Waals surface area contributed by atoms with Gasteiger partial charge in [0.1, 0.15) is 6.29 Å². The molecule has 0 atom stereocenters. The summed E-state index contributed by atoms with van der Waals surface area (Å²) >= 11 is 1.58. The predicted molar refractivity (Wildman–Crippen MR) is 58.7 cm³/mol. The lowest BCUT2D eigenvalue weighted by atomic mass is 10.3. The van der Waals surface area contributed by atoms with Gasteiger partial charge in [0.05, 0.1) is 6.54 Å². The van der Waals surface area contributed by atoms with Gasteiger partial charge >= 0.3 is 0 Å². The van der Waals surface area contributed by atoms with Gasteiger partial charge in [-0.2, -0.15) is 0 Å². The van der Waals surface area contributed by atoms with Gasteiger partial charge in [0, 0.05) is 21.6 Å². The number of thioether (sulfide) groups is 1. The largest absolute Gasteiger partial charge is 0.298 e. The number of aliphatic imine (C=N–C) groups is 1. The van der Waals surface area contributed by atoms with Crippen molar-refractivity contribution in [2.45, 2.75) is 4.90 Å². The van der Waals surface area contributed by atoms with Gasteiger partial charge in [0.25, 0.3) is 0 Å². The normalized spacial score (nSPS) is 14.9. The average Bonchev–Trinajstić information content (AvgIpc) is 2.67. The molecule has 0 aliphatic carbocycles. The van der Waals surface area contributed by atoms with Crippen molar-refractivity contribution in [3.8, 4) is 0 Å². The van der Waals surface area contributed by atoms with E-state index in [1.165, 1.54) is 0 Å². The molecule has 2 rings (SSSR count). The fourth-order valence-corrected chi connectivity index (χ4v) is 2.11. The molecule has 1 aliphatic rings. The van der Waals surface area contributed by atoms with Gasteiger partial charge < -0.3 is 0 Å². The number of rotatable bonds is 3. The Kier molecular flexibility index (Phi) is 2.79. The molecule has 2 nitrogen and oxygen atoms in total. The molecule has 0 saturated carbocycles. The Balaban J connectivity index is 2.19. The number of allylic oxidation sites excluding steroid dienone is 1. The summed E-state index contributed by atoms with van der Waals surface area (Å²) in [6.45, 7) is 0.526. The fourth-order valence-electron chi connectivity index (χ4n) is 1.19. The molecule has 0 bridgehead atoms. The molecule has 3 heteroatoms. The highest BCUT2D eigenvalue weighted by atomic mass is 32.2. The minimum Gasteiger partial charge on any atom is -0.298 e. The number of carbonyl (C=O) groups excluding carboxylic acids is 1. The van der Waals surface area contributed by atoms with Gasteiger partial charge in [0.15, 0.2) is 0 Å². The lowest BCUT2D eigenvalue weighted by Crippen LogP contribution is -1.87. The second-order valence-corrected chi connectivity index (χ2v) is 4.01. The van der Waals surface area contributed by atoms with Gasteiger partial charge in [-0.25, -0.2) is 0 Å². The van der Waals surface area contributed by atoms with Crippen LogP contribution in [0.3, 0.4) is 0 Å². The van der Waals surface area contributed by atoms with Gasteiger partial charge in [-0.15, -0.1) is 0 Å². The summed E-state index contributed by atoms with van der Waals surface area (Å²) in [4.78, 5) is 16.8. The first kappa shape index (κ1) is 9.21. The zero-order valence-electron chi connectivity index (χ0n) is 7.51. The molecule has 14 heavy (non-hydrogen) atoms. The summed E-state index contributed by atoms with van der Waals surface area (Å²) in [5.74, 6) is 0. The van der Waals surface area contributed by atoms with Crippen LogP contribution in [0.2, 0.25) is 0 Å². The Labute approximate surface area is 86.7 Å². The van der Waals surface area contributed by atoms with Crippen molar-refractivity contribution in [2.75, 3.05) is 6.54 Å². The van der Waals surface area contributed by atoms with Crippen molar-refractivity contribution in [3.63, 3.8) is 0 Å². The maximum atomic E-state index is 10.7. The van der Waals surface area contributed by atoms with Gasteiger partial charge in [-0.05, 0) is 12.1 Å². The molecule has 0 spiro atoms. The quantitative estimate of drug-likeness (QED) is 0.705. The van der Waals surface area contributed by atoms with Crippen LogP contribution in [0.15, 0.2) is 50.7 Å². The molecular weight excluding hydrogens is 194 g/mol. The summed E-state index contributed by atoms with van der Waals surface area (Å²) in [7, 11) is 0. The van der Waals surface area contributed by atoms with Crippen LogP contribution in [-0.2, 0) is 4.79 Å². The highest BCUT2D eigenvalue weighted by Crippen LogP contribution is 2.29. The minimum absolute atomic E-state index is 0.526. The van der Waals surface area contributed by atoms with Gasteiger partial charge in [0.2, 0.25) is 0 Å². The Hall–Kier alpha value is -1.35. The molecule has 0 unspecified atom stereocenters. The maximum Gasteiger partial charge on any atom is 0.149 e. The fraction of sp³-hybridized carbons (Fsp3) is 0.0909. The summed E-state index contributed by atoms with van der Waals surface area (Å²) < 4.78 is 0. The van der Waals surface area contributed by atoms with E-state index in [9.17, 15) is 4.79 Å². The Morgan fingerprint density at radius 3 is 2.79 bits per heavy atom. The van der Waals surface area contributed by atoms with E-state index in [2.05, 4.69) is 4.99 Å². The minimum atomic E-state index is 0.526. The highest BCUT2D eigenvalue weighted by molar-refractivity contribution is 8.04. The Morgan fingerprint density at radius 1 is 1.29 bits per heavy atom.